The molecule has 0 radical (unpaired) electrons. The summed E-state index contributed by atoms with van der Waals surface area (Å²) in [4.78, 5) is 5.17. The topological polar surface area (TPSA) is 15.7 Å². The Kier molecular flexibility index (Phi) is 5.68. The van der Waals surface area contributed by atoms with Crippen LogP contribution in [0.2, 0.25) is 0 Å². The number of ether oxygens (including phenoxy) is 1. The molecule has 0 amide bonds. The van der Waals surface area contributed by atoms with E-state index in [1.807, 2.05) is 0 Å². The Morgan fingerprint density at radius 3 is 2.48 bits per heavy atom. The van der Waals surface area contributed by atoms with Crippen LogP contribution < -0.4 is 9.64 Å². The summed E-state index contributed by atoms with van der Waals surface area (Å²) < 4.78 is 5.27. The van der Waals surface area contributed by atoms with Crippen molar-refractivity contribution in [3.8, 4) is 5.75 Å². The van der Waals surface area contributed by atoms with Crippen LogP contribution >= 0.6 is 0 Å². The Morgan fingerprint density at radius 1 is 1.00 bits per heavy atom. The van der Waals surface area contributed by atoms with Crippen molar-refractivity contribution in [3.63, 3.8) is 0 Å². The minimum atomic E-state index is 0.721. The van der Waals surface area contributed by atoms with E-state index < -0.39 is 0 Å². The number of hydrogen-bond donors (Lipinski definition) is 0. The fraction of sp³-hybridized carbons (Fsp3) is 0.500. The van der Waals surface area contributed by atoms with E-state index in [1.54, 1.807) is 18.2 Å². The second kappa shape index (κ2) is 8.35. The molecular weight excluding hydrogens is 332 g/mol. The molecule has 0 N–H and O–H groups in total. The summed E-state index contributed by atoms with van der Waals surface area (Å²) in [5, 5.41) is 0. The fourth-order valence-electron chi connectivity index (χ4n) is 4.90. The molecule has 144 valence electrons. The van der Waals surface area contributed by atoms with Crippen LogP contribution in [0.4, 0.5) is 5.69 Å². The van der Waals surface area contributed by atoms with Gasteiger partial charge in [-0.2, -0.15) is 0 Å². The van der Waals surface area contributed by atoms with E-state index in [-0.39, 0.29) is 0 Å². The number of piperazine rings is 1. The van der Waals surface area contributed by atoms with Gasteiger partial charge in [-0.05, 0) is 66.5 Å². The zero-order valence-corrected chi connectivity index (χ0v) is 16.7. The van der Waals surface area contributed by atoms with Crippen LogP contribution in [0.25, 0.3) is 0 Å². The van der Waals surface area contributed by atoms with Gasteiger partial charge in [0, 0.05) is 38.4 Å². The summed E-state index contributed by atoms with van der Waals surface area (Å²) in [5.41, 5.74) is 4.52. The molecule has 27 heavy (non-hydrogen) atoms. The molecule has 2 unspecified atom stereocenters. The van der Waals surface area contributed by atoms with Gasteiger partial charge in [-0.3, -0.25) is 4.90 Å². The standard InChI is InChI=1S/C24H32N2O/c1-19(23-9-5-7-20-6-3-4-8-24(20)23)18-25-14-16-26(17-15-25)21-10-12-22(27-2)13-11-21/h3-4,6,8,10-13,19,23H,5,7,9,14-18H2,1-2H3. The molecule has 1 fully saturated rings. The van der Waals surface area contributed by atoms with Gasteiger partial charge in [0.25, 0.3) is 0 Å². The highest BCUT2D eigenvalue weighted by molar-refractivity contribution is 5.49. The van der Waals surface area contributed by atoms with Gasteiger partial charge in [-0.25, -0.2) is 0 Å². The first-order valence-corrected chi connectivity index (χ1v) is 10.4. The highest BCUT2D eigenvalue weighted by Crippen LogP contribution is 2.37. The van der Waals surface area contributed by atoms with Crippen LogP contribution in [-0.2, 0) is 6.42 Å². The Labute approximate surface area is 163 Å². The van der Waals surface area contributed by atoms with Crippen molar-refractivity contribution >= 4 is 5.69 Å². The highest BCUT2D eigenvalue weighted by atomic mass is 16.5. The zero-order chi connectivity index (χ0) is 18.6. The Bertz CT molecular complexity index is 734. The molecule has 2 atom stereocenters. The van der Waals surface area contributed by atoms with Gasteiger partial charge in [-0.15, -0.1) is 0 Å². The van der Waals surface area contributed by atoms with E-state index in [0.29, 0.717) is 0 Å². The van der Waals surface area contributed by atoms with Crippen LogP contribution in [0.15, 0.2) is 48.5 Å². The summed E-state index contributed by atoms with van der Waals surface area (Å²) in [5.74, 6) is 2.38. The normalized spacial score (nSPS) is 21.6. The maximum Gasteiger partial charge on any atom is 0.119 e. The number of anilines is 1. The van der Waals surface area contributed by atoms with Crippen LogP contribution in [-0.4, -0.2) is 44.7 Å². The highest BCUT2D eigenvalue weighted by Gasteiger charge is 2.27. The van der Waals surface area contributed by atoms with E-state index in [9.17, 15) is 0 Å². The average molecular weight is 365 g/mol. The monoisotopic (exact) mass is 364 g/mol. The number of rotatable bonds is 5. The van der Waals surface area contributed by atoms with Crippen molar-refractivity contribution in [3.05, 3.63) is 59.7 Å². The lowest BCUT2D eigenvalue weighted by molar-refractivity contribution is 0.205. The molecule has 0 bridgehead atoms. The van der Waals surface area contributed by atoms with Crippen LogP contribution in [0.1, 0.15) is 36.8 Å². The van der Waals surface area contributed by atoms with Crippen molar-refractivity contribution in [2.45, 2.75) is 32.1 Å². The molecule has 0 aromatic heterocycles. The molecule has 1 saturated heterocycles. The molecule has 3 heteroatoms. The second-order valence-corrected chi connectivity index (χ2v) is 8.16. The maximum atomic E-state index is 5.27. The third-order valence-electron chi connectivity index (χ3n) is 6.46. The number of aryl methyl sites for hydroxylation is 1. The minimum Gasteiger partial charge on any atom is -0.497 e. The number of methoxy groups -OCH3 is 1. The predicted octanol–water partition coefficient (Wildman–Crippen LogP) is 4.57. The number of nitrogens with zero attached hydrogens (tertiary/aromatic N) is 2. The van der Waals surface area contributed by atoms with Gasteiger partial charge >= 0.3 is 0 Å². The Hall–Kier alpha value is -2.00. The molecule has 2 aliphatic rings. The van der Waals surface area contributed by atoms with E-state index in [0.717, 1.165) is 43.8 Å². The van der Waals surface area contributed by atoms with E-state index in [4.69, 9.17) is 4.74 Å². The van der Waals surface area contributed by atoms with Gasteiger partial charge in [0.15, 0.2) is 0 Å². The van der Waals surface area contributed by atoms with Crippen molar-refractivity contribution in [1.29, 1.82) is 0 Å². The third kappa shape index (κ3) is 4.14. The van der Waals surface area contributed by atoms with E-state index in [2.05, 4.69) is 65.3 Å². The summed E-state index contributed by atoms with van der Waals surface area (Å²) in [6.07, 6.45) is 3.96. The van der Waals surface area contributed by atoms with Crippen molar-refractivity contribution in [1.82, 2.24) is 4.90 Å². The SMILES string of the molecule is COc1ccc(N2CCN(CC(C)C3CCCc4ccccc43)CC2)cc1. The molecular formula is C24H32N2O. The number of benzene rings is 2. The lowest BCUT2D eigenvalue weighted by Crippen LogP contribution is -2.48. The molecule has 0 saturated carbocycles. The summed E-state index contributed by atoms with van der Waals surface area (Å²) in [7, 11) is 1.72. The van der Waals surface area contributed by atoms with Crippen molar-refractivity contribution in [2.24, 2.45) is 5.92 Å². The van der Waals surface area contributed by atoms with Gasteiger partial charge in [0.1, 0.15) is 5.75 Å². The third-order valence-corrected chi connectivity index (χ3v) is 6.46. The molecule has 0 spiro atoms. The molecule has 1 aliphatic heterocycles. The van der Waals surface area contributed by atoms with E-state index >= 15 is 0 Å². The lowest BCUT2D eigenvalue weighted by atomic mass is 9.76. The largest absolute Gasteiger partial charge is 0.497 e. The molecule has 2 aromatic carbocycles. The van der Waals surface area contributed by atoms with Crippen molar-refractivity contribution < 1.29 is 4.74 Å². The summed E-state index contributed by atoms with van der Waals surface area (Å²) in [6, 6.07) is 17.6. The molecule has 3 nitrogen and oxygen atoms in total. The number of fused-ring (bicyclic) bond motifs is 1. The van der Waals surface area contributed by atoms with Crippen LogP contribution in [0.3, 0.4) is 0 Å². The van der Waals surface area contributed by atoms with E-state index in [1.165, 1.54) is 31.5 Å². The fourth-order valence-corrected chi connectivity index (χ4v) is 4.90. The smallest absolute Gasteiger partial charge is 0.119 e. The summed E-state index contributed by atoms with van der Waals surface area (Å²) >= 11 is 0. The van der Waals surface area contributed by atoms with Gasteiger partial charge in [0.05, 0.1) is 7.11 Å². The molecule has 1 aliphatic carbocycles. The van der Waals surface area contributed by atoms with Crippen molar-refractivity contribution in [2.75, 3.05) is 44.7 Å². The minimum absolute atomic E-state index is 0.721. The van der Waals surface area contributed by atoms with Crippen LogP contribution in [0.5, 0.6) is 5.75 Å². The first-order valence-electron chi connectivity index (χ1n) is 10.4. The second-order valence-electron chi connectivity index (χ2n) is 8.16. The molecule has 1 heterocycles. The first-order chi connectivity index (χ1) is 13.2. The maximum absolute atomic E-state index is 5.27. The lowest BCUT2D eigenvalue weighted by Gasteiger charge is -2.39. The average Bonchev–Trinajstić information content (AvgIpc) is 2.74. The summed E-state index contributed by atoms with van der Waals surface area (Å²) in [6.45, 7) is 8.22. The van der Waals surface area contributed by atoms with Gasteiger partial charge in [0.2, 0.25) is 0 Å². The Morgan fingerprint density at radius 2 is 1.74 bits per heavy atom. The zero-order valence-electron chi connectivity index (χ0n) is 16.7. The predicted molar refractivity (Wildman–Crippen MR) is 113 cm³/mol. The molecule has 2 aromatic rings. The quantitative estimate of drug-likeness (QED) is 0.773. The van der Waals surface area contributed by atoms with Crippen LogP contribution in [0, 0.1) is 5.92 Å². The Balaban J connectivity index is 1.33. The number of hydrogen-bond acceptors (Lipinski definition) is 3. The first kappa shape index (κ1) is 18.4. The molecule has 4 rings (SSSR count). The van der Waals surface area contributed by atoms with Gasteiger partial charge in [-0.1, -0.05) is 31.2 Å². The van der Waals surface area contributed by atoms with Gasteiger partial charge < -0.3 is 9.64 Å².